The summed E-state index contributed by atoms with van der Waals surface area (Å²) in [6.07, 6.45) is -5.21. The Labute approximate surface area is 148 Å². The van der Waals surface area contributed by atoms with Crippen molar-refractivity contribution in [2.45, 2.75) is 58.3 Å². The largest absolute Gasteiger partial charge is 0.463 e. The highest BCUT2D eigenvalue weighted by Gasteiger charge is 2.51. The molecule has 0 aromatic rings. The zero-order valence-corrected chi connectivity index (χ0v) is 14.6. The number of ether oxygens (including phenoxy) is 5. The van der Waals surface area contributed by atoms with E-state index in [-0.39, 0.29) is 6.61 Å². The van der Waals surface area contributed by atoms with Crippen LogP contribution in [0, 0.1) is 0 Å². The van der Waals surface area contributed by atoms with Gasteiger partial charge in [-0.15, -0.1) is 0 Å². The Balaban J connectivity index is 3.27. The van der Waals surface area contributed by atoms with Crippen LogP contribution in [0.1, 0.15) is 27.7 Å². The van der Waals surface area contributed by atoms with Crippen LogP contribution in [0.2, 0.25) is 0 Å². The van der Waals surface area contributed by atoms with E-state index >= 15 is 0 Å². The first-order valence-electron chi connectivity index (χ1n) is 7.50. The Kier molecular flexibility index (Phi) is 7.81. The SMILES string of the molecule is CC(=O)OC[C@H]1OC(OC(C)=O)[C@H](OC(C)=O)C(N=[N+]=[N-])[C@H]1OC(C)=O. The van der Waals surface area contributed by atoms with Gasteiger partial charge in [-0.05, 0) is 5.53 Å². The Morgan fingerprint density at radius 3 is 1.92 bits per heavy atom. The number of esters is 4. The average Bonchev–Trinajstić information content (AvgIpc) is 2.50. The summed E-state index contributed by atoms with van der Waals surface area (Å²) < 4.78 is 25.5. The standard InChI is InChI=1S/C14H19N3O9/c1-6(18)22-5-10-12(23-7(2)19)11(16-17-15)13(24-8(3)20)14(26-10)25-9(4)21/h10-14H,5H2,1-4H3/t10-,11?,12+,13-,14?/m1/s1. The highest BCUT2D eigenvalue weighted by Crippen LogP contribution is 2.29. The van der Waals surface area contributed by atoms with Crippen molar-refractivity contribution in [2.24, 2.45) is 5.11 Å². The van der Waals surface area contributed by atoms with Gasteiger partial charge < -0.3 is 23.7 Å². The normalized spacial score (nSPS) is 27.5. The second-order valence-corrected chi connectivity index (χ2v) is 5.30. The van der Waals surface area contributed by atoms with Gasteiger partial charge in [0.2, 0.25) is 6.29 Å². The molecule has 12 nitrogen and oxygen atoms in total. The molecule has 0 aromatic heterocycles. The highest BCUT2D eigenvalue weighted by atomic mass is 16.7. The summed E-state index contributed by atoms with van der Waals surface area (Å²) in [6, 6.07) is -1.29. The molecule has 12 heteroatoms. The second-order valence-electron chi connectivity index (χ2n) is 5.30. The van der Waals surface area contributed by atoms with Crippen molar-refractivity contribution in [1.82, 2.24) is 0 Å². The van der Waals surface area contributed by atoms with E-state index < -0.39 is 54.5 Å². The first-order valence-corrected chi connectivity index (χ1v) is 7.50. The van der Waals surface area contributed by atoms with Crippen LogP contribution < -0.4 is 0 Å². The van der Waals surface area contributed by atoms with Crippen molar-refractivity contribution in [3.05, 3.63) is 10.4 Å². The molecule has 1 rings (SSSR count). The third kappa shape index (κ3) is 6.22. The number of azide groups is 1. The van der Waals surface area contributed by atoms with Gasteiger partial charge in [-0.25, -0.2) is 0 Å². The lowest BCUT2D eigenvalue weighted by Gasteiger charge is -2.42. The van der Waals surface area contributed by atoms with E-state index in [1.807, 2.05) is 0 Å². The molecule has 1 saturated heterocycles. The molecule has 0 N–H and O–H groups in total. The first kappa shape index (κ1) is 21.2. The molecule has 1 fully saturated rings. The monoisotopic (exact) mass is 373 g/mol. The number of hydrogen-bond acceptors (Lipinski definition) is 10. The van der Waals surface area contributed by atoms with Crippen LogP contribution in [0.25, 0.3) is 10.4 Å². The van der Waals surface area contributed by atoms with Gasteiger partial charge in [0.25, 0.3) is 0 Å². The van der Waals surface area contributed by atoms with Crippen molar-refractivity contribution < 1.29 is 42.9 Å². The molecular weight excluding hydrogens is 354 g/mol. The maximum atomic E-state index is 11.4. The van der Waals surface area contributed by atoms with Gasteiger partial charge >= 0.3 is 23.9 Å². The molecule has 1 aliphatic rings. The van der Waals surface area contributed by atoms with E-state index in [9.17, 15) is 19.2 Å². The van der Waals surface area contributed by atoms with Gasteiger partial charge in [-0.3, -0.25) is 19.2 Å². The van der Waals surface area contributed by atoms with Crippen LogP contribution in [0.15, 0.2) is 5.11 Å². The molecule has 5 atom stereocenters. The van der Waals surface area contributed by atoms with Crippen LogP contribution in [-0.2, 0) is 42.9 Å². The van der Waals surface area contributed by atoms with Crippen molar-refractivity contribution in [3.8, 4) is 0 Å². The fourth-order valence-electron chi connectivity index (χ4n) is 2.33. The maximum absolute atomic E-state index is 11.4. The predicted octanol–water partition coefficient (Wildman–Crippen LogP) is 0.380. The number of nitrogens with zero attached hydrogens (tertiary/aromatic N) is 3. The molecule has 0 aromatic carbocycles. The molecule has 0 bridgehead atoms. The quantitative estimate of drug-likeness (QED) is 0.210. The zero-order valence-electron chi connectivity index (χ0n) is 14.6. The van der Waals surface area contributed by atoms with Gasteiger partial charge in [0.15, 0.2) is 6.10 Å². The van der Waals surface area contributed by atoms with Crippen LogP contribution in [0.5, 0.6) is 0 Å². The summed E-state index contributed by atoms with van der Waals surface area (Å²) >= 11 is 0. The van der Waals surface area contributed by atoms with E-state index in [0.29, 0.717) is 0 Å². The summed E-state index contributed by atoms with van der Waals surface area (Å²) in [7, 11) is 0. The zero-order chi connectivity index (χ0) is 19.9. The molecule has 0 spiro atoms. The molecule has 0 radical (unpaired) electrons. The van der Waals surface area contributed by atoms with Crippen LogP contribution in [-0.4, -0.2) is 61.1 Å². The van der Waals surface area contributed by atoms with Crippen molar-refractivity contribution in [2.75, 3.05) is 6.61 Å². The molecule has 0 saturated carbocycles. The van der Waals surface area contributed by atoms with Crippen molar-refractivity contribution in [1.29, 1.82) is 0 Å². The molecule has 1 aliphatic heterocycles. The molecule has 144 valence electrons. The van der Waals surface area contributed by atoms with E-state index in [4.69, 9.17) is 29.2 Å². The summed E-state index contributed by atoms with van der Waals surface area (Å²) in [6.45, 7) is 4.06. The smallest absolute Gasteiger partial charge is 0.305 e. The lowest BCUT2D eigenvalue weighted by Crippen LogP contribution is -2.61. The number of hydrogen-bond donors (Lipinski definition) is 0. The van der Waals surface area contributed by atoms with Crippen LogP contribution in [0.3, 0.4) is 0 Å². The van der Waals surface area contributed by atoms with Gasteiger partial charge in [-0.2, -0.15) is 0 Å². The lowest BCUT2D eigenvalue weighted by molar-refractivity contribution is -0.275. The molecule has 0 amide bonds. The third-order valence-corrected chi connectivity index (χ3v) is 3.14. The minimum absolute atomic E-state index is 0.380. The van der Waals surface area contributed by atoms with Gasteiger partial charge in [0.1, 0.15) is 24.9 Å². The fourth-order valence-corrected chi connectivity index (χ4v) is 2.33. The summed E-state index contributed by atoms with van der Waals surface area (Å²) in [5.41, 5.74) is 8.84. The Bertz CT molecular complexity index is 617. The van der Waals surface area contributed by atoms with E-state index in [2.05, 4.69) is 10.0 Å². The lowest BCUT2D eigenvalue weighted by atomic mass is 9.96. The third-order valence-electron chi connectivity index (χ3n) is 3.14. The highest BCUT2D eigenvalue weighted by molar-refractivity contribution is 5.68. The first-order chi connectivity index (χ1) is 12.1. The fraction of sp³-hybridized carbons (Fsp3) is 0.714. The summed E-state index contributed by atoms with van der Waals surface area (Å²) in [5, 5.41) is 3.50. The maximum Gasteiger partial charge on any atom is 0.305 e. The number of rotatable bonds is 6. The summed E-state index contributed by atoms with van der Waals surface area (Å²) in [5.74, 6) is -2.91. The second kappa shape index (κ2) is 9.59. The molecule has 2 unspecified atom stereocenters. The minimum atomic E-state index is -1.46. The number of carbonyl (C=O) groups excluding carboxylic acids is 4. The van der Waals surface area contributed by atoms with Gasteiger partial charge in [0.05, 0.1) is 0 Å². The van der Waals surface area contributed by atoms with E-state index in [1.54, 1.807) is 0 Å². The summed E-state index contributed by atoms with van der Waals surface area (Å²) in [4.78, 5) is 47.9. The topological polar surface area (TPSA) is 163 Å². The van der Waals surface area contributed by atoms with Crippen LogP contribution in [0.4, 0.5) is 0 Å². The Hall–Kier alpha value is -2.85. The molecular formula is C14H19N3O9. The van der Waals surface area contributed by atoms with E-state index in [0.717, 1.165) is 27.7 Å². The molecule has 1 heterocycles. The van der Waals surface area contributed by atoms with Crippen molar-refractivity contribution in [3.63, 3.8) is 0 Å². The Morgan fingerprint density at radius 1 is 0.923 bits per heavy atom. The average molecular weight is 373 g/mol. The van der Waals surface area contributed by atoms with E-state index in [1.165, 1.54) is 0 Å². The van der Waals surface area contributed by atoms with Gasteiger partial charge in [0, 0.05) is 32.6 Å². The van der Waals surface area contributed by atoms with Gasteiger partial charge in [-0.1, -0.05) is 5.11 Å². The molecule has 26 heavy (non-hydrogen) atoms. The van der Waals surface area contributed by atoms with Crippen LogP contribution >= 0.6 is 0 Å². The number of carbonyl (C=O) groups is 4. The molecule has 0 aliphatic carbocycles. The minimum Gasteiger partial charge on any atom is -0.463 e. The van der Waals surface area contributed by atoms with Crippen molar-refractivity contribution >= 4 is 23.9 Å². The Morgan fingerprint density at radius 2 is 1.46 bits per heavy atom. The predicted molar refractivity (Wildman–Crippen MR) is 81.1 cm³/mol.